The van der Waals surface area contributed by atoms with Crippen LogP contribution < -0.4 is 11.2 Å². The van der Waals surface area contributed by atoms with Crippen LogP contribution in [0.3, 0.4) is 0 Å². The molecular formula is C15H12ClN3O2. The number of pyridine rings is 1. The van der Waals surface area contributed by atoms with E-state index in [9.17, 15) is 9.59 Å². The van der Waals surface area contributed by atoms with Crippen LogP contribution in [-0.4, -0.2) is 14.5 Å². The van der Waals surface area contributed by atoms with E-state index in [4.69, 9.17) is 11.6 Å². The first-order valence-electron chi connectivity index (χ1n) is 6.50. The van der Waals surface area contributed by atoms with E-state index in [0.717, 1.165) is 5.56 Å². The third kappa shape index (κ3) is 2.36. The molecule has 0 saturated heterocycles. The fraction of sp³-hybridized carbons (Fsp3) is 0.133. The van der Waals surface area contributed by atoms with Crippen molar-refractivity contribution in [1.29, 1.82) is 0 Å². The Bertz CT molecular complexity index is 926. The van der Waals surface area contributed by atoms with Crippen molar-refractivity contribution in [2.45, 2.75) is 13.5 Å². The zero-order chi connectivity index (χ0) is 15.0. The van der Waals surface area contributed by atoms with Gasteiger partial charge in [-0.3, -0.25) is 14.3 Å². The molecule has 1 N–H and O–H groups in total. The van der Waals surface area contributed by atoms with Crippen molar-refractivity contribution in [3.05, 3.63) is 62.3 Å². The summed E-state index contributed by atoms with van der Waals surface area (Å²) in [5, 5.41) is 1.04. The van der Waals surface area contributed by atoms with Crippen LogP contribution >= 0.6 is 11.6 Å². The molecule has 3 aromatic rings. The summed E-state index contributed by atoms with van der Waals surface area (Å²) >= 11 is 5.87. The van der Waals surface area contributed by atoms with Gasteiger partial charge in [-0.2, -0.15) is 0 Å². The number of halogens is 1. The highest BCUT2D eigenvalue weighted by Crippen LogP contribution is 2.21. The molecule has 6 heteroatoms. The van der Waals surface area contributed by atoms with E-state index in [2.05, 4.69) is 9.97 Å². The van der Waals surface area contributed by atoms with Gasteiger partial charge < -0.3 is 0 Å². The highest BCUT2D eigenvalue weighted by Gasteiger charge is 2.09. The van der Waals surface area contributed by atoms with E-state index < -0.39 is 11.2 Å². The number of H-pyrrole nitrogens is 1. The molecule has 0 saturated carbocycles. The van der Waals surface area contributed by atoms with Crippen molar-refractivity contribution in [2.24, 2.45) is 0 Å². The molecule has 0 amide bonds. The summed E-state index contributed by atoms with van der Waals surface area (Å²) in [6.45, 7) is 2.26. The van der Waals surface area contributed by atoms with Gasteiger partial charge in [0.1, 0.15) is 5.65 Å². The molecular weight excluding hydrogens is 290 g/mol. The standard InChI is InChI=1S/C15H12ClN3O2/c1-2-19-13-11(14(20)18-15(19)21)7-8-12(17-13)9-3-5-10(16)6-4-9/h3-8H,2H2,1H3,(H,18,20,21). The minimum Gasteiger partial charge on any atom is -0.278 e. The SMILES string of the molecule is CCn1c(=O)[nH]c(=O)c2ccc(-c3ccc(Cl)cc3)nc21. The lowest BCUT2D eigenvalue weighted by Gasteiger charge is -2.08. The van der Waals surface area contributed by atoms with E-state index in [0.29, 0.717) is 28.3 Å². The highest BCUT2D eigenvalue weighted by molar-refractivity contribution is 6.30. The van der Waals surface area contributed by atoms with Crippen molar-refractivity contribution in [1.82, 2.24) is 14.5 Å². The van der Waals surface area contributed by atoms with Crippen molar-refractivity contribution in [3.8, 4) is 11.3 Å². The first-order chi connectivity index (χ1) is 10.1. The number of aromatic amines is 1. The summed E-state index contributed by atoms with van der Waals surface area (Å²) in [5.74, 6) is 0. The monoisotopic (exact) mass is 301 g/mol. The molecule has 1 aromatic carbocycles. The van der Waals surface area contributed by atoms with Crippen LogP contribution in [0.1, 0.15) is 6.92 Å². The van der Waals surface area contributed by atoms with Crippen molar-refractivity contribution in [3.63, 3.8) is 0 Å². The predicted molar refractivity (Wildman–Crippen MR) is 82.7 cm³/mol. The maximum Gasteiger partial charge on any atom is 0.329 e. The van der Waals surface area contributed by atoms with Crippen LogP contribution in [0.2, 0.25) is 5.02 Å². The Labute approximate surface area is 124 Å². The second kappa shape index (κ2) is 5.18. The fourth-order valence-electron chi connectivity index (χ4n) is 2.23. The molecule has 0 aliphatic heterocycles. The van der Waals surface area contributed by atoms with E-state index in [1.807, 2.05) is 19.1 Å². The number of aromatic nitrogens is 3. The highest BCUT2D eigenvalue weighted by atomic mass is 35.5. The molecule has 5 nitrogen and oxygen atoms in total. The molecule has 2 aromatic heterocycles. The van der Waals surface area contributed by atoms with Gasteiger partial charge in [0.15, 0.2) is 0 Å². The molecule has 21 heavy (non-hydrogen) atoms. The van der Waals surface area contributed by atoms with Gasteiger partial charge in [0.05, 0.1) is 11.1 Å². The molecule has 2 heterocycles. The summed E-state index contributed by atoms with van der Waals surface area (Å²) < 4.78 is 1.44. The quantitative estimate of drug-likeness (QED) is 0.790. The molecule has 0 atom stereocenters. The second-order valence-corrected chi connectivity index (χ2v) is 5.01. The number of fused-ring (bicyclic) bond motifs is 1. The van der Waals surface area contributed by atoms with Crippen LogP contribution in [0.15, 0.2) is 46.0 Å². The van der Waals surface area contributed by atoms with Crippen LogP contribution in [0.25, 0.3) is 22.3 Å². The Morgan fingerprint density at radius 1 is 1.14 bits per heavy atom. The molecule has 0 radical (unpaired) electrons. The number of rotatable bonds is 2. The minimum atomic E-state index is -0.448. The van der Waals surface area contributed by atoms with Crippen LogP contribution in [0, 0.1) is 0 Å². The molecule has 0 unspecified atom stereocenters. The van der Waals surface area contributed by atoms with Gasteiger partial charge in [-0.1, -0.05) is 23.7 Å². The number of nitrogens with zero attached hydrogens (tertiary/aromatic N) is 2. The van der Waals surface area contributed by atoms with E-state index in [1.54, 1.807) is 24.3 Å². The Morgan fingerprint density at radius 2 is 1.86 bits per heavy atom. The fourth-order valence-corrected chi connectivity index (χ4v) is 2.36. The summed E-state index contributed by atoms with van der Waals surface area (Å²) in [7, 11) is 0. The van der Waals surface area contributed by atoms with E-state index in [1.165, 1.54) is 4.57 Å². The molecule has 106 valence electrons. The van der Waals surface area contributed by atoms with Crippen molar-refractivity contribution in [2.75, 3.05) is 0 Å². The van der Waals surface area contributed by atoms with Gasteiger partial charge >= 0.3 is 5.69 Å². The Hall–Kier alpha value is -2.40. The molecule has 0 spiro atoms. The summed E-state index contributed by atoms with van der Waals surface area (Å²) in [6, 6.07) is 10.7. The lowest BCUT2D eigenvalue weighted by molar-refractivity contribution is 0.718. The van der Waals surface area contributed by atoms with Crippen molar-refractivity contribution >= 4 is 22.6 Å². The first-order valence-corrected chi connectivity index (χ1v) is 6.88. The molecule has 0 bridgehead atoms. The average Bonchev–Trinajstić information content (AvgIpc) is 2.48. The van der Waals surface area contributed by atoms with Gasteiger partial charge in [0.25, 0.3) is 5.56 Å². The van der Waals surface area contributed by atoms with Gasteiger partial charge in [0.2, 0.25) is 0 Å². The predicted octanol–water partition coefficient (Wildman–Crippen LogP) is 2.43. The third-order valence-corrected chi connectivity index (χ3v) is 3.55. The van der Waals surface area contributed by atoms with Gasteiger partial charge in [0, 0.05) is 17.1 Å². The molecule has 0 aliphatic rings. The molecule has 0 fully saturated rings. The molecule has 3 rings (SSSR count). The Morgan fingerprint density at radius 3 is 2.52 bits per heavy atom. The number of benzene rings is 1. The van der Waals surface area contributed by atoms with Crippen LogP contribution in [0.4, 0.5) is 0 Å². The van der Waals surface area contributed by atoms with E-state index in [-0.39, 0.29) is 0 Å². The van der Waals surface area contributed by atoms with Gasteiger partial charge in [-0.25, -0.2) is 9.78 Å². The average molecular weight is 302 g/mol. The number of aryl methyl sites for hydroxylation is 1. The number of nitrogens with one attached hydrogen (secondary N) is 1. The zero-order valence-corrected chi connectivity index (χ0v) is 12.0. The zero-order valence-electron chi connectivity index (χ0n) is 11.3. The second-order valence-electron chi connectivity index (χ2n) is 4.58. The lowest BCUT2D eigenvalue weighted by Crippen LogP contribution is -2.30. The largest absolute Gasteiger partial charge is 0.329 e. The minimum absolute atomic E-state index is 0.388. The van der Waals surface area contributed by atoms with Gasteiger partial charge in [-0.15, -0.1) is 0 Å². The van der Waals surface area contributed by atoms with Gasteiger partial charge in [-0.05, 0) is 31.2 Å². The maximum atomic E-state index is 11.8. The number of hydrogen-bond donors (Lipinski definition) is 1. The summed E-state index contributed by atoms with van der Waals surface area (Å²) in [6.07, 6.45) is 0. The van der Waals surface area contributed by atoms with Crippen LogP contribution in [-0.2, 0) is 6.54 Å². The summed E-state index contributed by atoms with van der Waals surface area (Å²) in [5.41, 5.74) is 1.08. The smallest absolute Gasteiger partial charge is 0.278 e. The lowest BCUT2D eigenvalue weighted by atomic mass is 10.1. The number of hydrogen-bond acceptors (Lipinski definition) is 3. The Balaban J connectivity index is 2.31. The third-order valence-electron chi connectivity index (χ3n) is 3.30. The van der Waals surface area contributed by atoms with Crippen LogP contribution in [0.5, 0.6) is 0 Å². The molecule has 0 aliphatic carbocycles. The van der Waals surface area contributed by atoms with E-state index >= 15 is 0 Å². The first kappa shape index (κ1) is 13.6. The Kier molecular flexibility index (Phi) is 3.35. The topological polar surface area (TPSA) is 67.8 Å². The normalized spacial score (nSPS) is 11.0. The summed E-state index contributed by atoms with van der Waals surface area (Å²) in [4.78, 5) is 30.4. The maximum absolute atomic E-state index is 11.8. The van der Waals surface area contributed by atoms with Crippen molar-refractivity contribution < 1.29 is 0 Å².